The van der Waals surface area contributed by atoms with Crippen LogP contribution in [-0.4, -0.2) is 38.1 Å². The van der Waals surface area contributed by atoms with Gasteiger partial charge >= 0.3 is 0 Å². The summed E-state index contributed by atoms with van der Waals surface area (Å²) in [6.45, 7) is 1.88. The van der Waals surface area contributed by atoms with Gasteiger partial charge in [-0.15, -0.1) is 0 Å². The number of methoxy groups -OCH3 is 1. The van der Waals surface area contributed by atoms with Crippen molar-refractivity contribution in [3.8, 4) is 0 Å². The van der Waals surface area contributed by atoms with Crippen LogP contribution in [0.1, 0.15) is 18.1 Å². The summed E-state index contributed by atoms with van der Waals surface area (Å²) in [4.78, 5) is 14.4. The molecule has 108 valence electrons. The monoisotopic (exact) mass is 275 g/mol. The van der Waals surface area contributed by atoms with E-state index in [0.717, 1.165) is 30.8 Å². The maximum absolute atomic E-state index is 12.1. The molecule has 0 radical (unpaired) electrons. The molecule has 1 amide bonds. The van der Waals surface area contributed by atoms with Gasteiger partial charge in [0, 0.05) is 32.3 Å². The number of amides is 1. The Balaban J connectivity index is 1.90. The lowest BCUT2D eigenvalue weighted by Gasteiger charge is -2.23. The van der Waals surface area contributed by atoms with Crippen molar-refractivity contribution in [2.45, 2.75) is 12.5 Å². The van der Waals surface area contributed by atoms with Crippen molar-refractivity contribution >= 4 is 5.91 Å². The summed E-state index contributed by atoms with van der Waals surface area (Å²) in [6, 6.07) is 9.45. The summed E-state index contributed by atoms with van der Waals surface area (Å²) < 4.78 is 5.28. The number of nitrogens with zero attached hydrogens (tertiary/aromatic N) is 1. The highest BCUT2D eigenvalue weighted by atomic mass is 16.5. The van der Waals surface area contributed by atoms with Gasteiger partial charge in [-0.2, -0.15) is 0 Å². The highest BCUT2D eigenvalue weighted by molar-refractivity contribution is 5.81. The number of carbonyl (C=O) groups is 1. The third kappa shape index (κ3) is 3.82. The second-order valence-electron chi connectivity index (χ2n) is 4.88. The molecule has 0 aromatic heterocycles. The first-order chi connectivity index (χ1) is 9.70. The molecular weight excluding hydrogens is 254 g/mol. The summed E-state index contributed by atoms with van der Waals surface area (Å²) in [5.74, 6) is -0.196. The van der Waals surface area contributed by atoms with Gasteiger partial charge in [0.2, 0.25) is 0 Å². The van der Waals surface area contributed by atoms with Crippen LogP contribution in [-0.2, 0) is 9.53 Å². The van der Waals surface area contributed by atoms with Crippen LogP contribution in [0.2, 0.25) is 0 Å². The summed E-state index contributed by atoms with van der Waals surface area (Å²) >= 11 is 0. The molecule has 5 heteroatoms. The molecule has 1 aromatic rings. The maximum atomic E-state index is 12.1. The van der Waals surface area contributed by atoms with Crippen molar-refractivity contribution in [2.75, 3.05) is 27.2 Å². The smallest absolute Gasteiger partial charge is 0.272 e. The quantitative estimate of drug-likeness (QED) is 0.793. The molecule has 2 N–H and O–H groups in total. The fourth-order valence-corrected chi connectivity index (χ4v) is 2.11. The Morgan fingerprint density at radius 2 is 2.10 bits per heavy atom. The molecule has 0 saturated carbocycles. The molecular formula is C15H21N3O2. The third-order valence-corrected chi connectivity index (χ3v) is 3.33. The molecule has 1 atom stereocenters. The molecule has 1 heterocycles. The zero-order chi connectivity index (χ0) is 14.4. The van der Waals surface area contributed by atoms with Crippen LogP contribution in [0.15, 0.2) is 42.1 Å². The van der Waals surface area contributed by atoms with Crippen LogP contribution in [0.5, 0.6) is 0 Å². The van der Waals surface area contributed by atoms with Crippen molar-refractivity contribution in [3.05, 3.63) is 47.7 Å². The van der Waals surface area contributed by atoms with E-state index >= 15 is 0 Å². The minimum Gasteiger partial charge on any atom is -0.367 e. The molecule has 0 aliphatic carbocycles. The highest BCUT2D eigenvalue weighted by Crippen LogP contribution is 2.16. The Morgan fingerprint density at radius 1 is 1.35 bits per heavy atom. The number of likely N-dealkylation sites (N-methyl/N-ethyl adjacent to an activating group) is 1. The SMILES string of the molecule is COC(C(=O)NNC1=CCN(C)CC1)c1ccccc1. The first-order valence-corrected chi connectivity index (χ1v) is 6.72. The molecule has 5 nitrogen and oxygen atoms in total. The van der Waals surface area contributed by atoms with Crippen LogP contribution in [0.3, 0.4) is 0 Å². The first kappa shape index (κ1) is 14.6. The second-order valence-corrected chi connectivity index (χ2v) is 4.88. The van der Waals surface area contributed by atoms with E-state index in [9.17, 15) is 4.79 Å². The molecule has 1 aliphatic heterocycles. The summed E-state index contributed by atoms with van der Waals surface area (Å²) in [5, 5.41) is 0. The Bertz CT molecular complexity index is 473. The normalized spacial score (nSPS) is 17.2. The summed E-state index contributed by atoms with van der Waals surface area (Å²) in [5.41, 5.74) is 7.58. The van der Waals surface area contributed by atoms with E-state index < -0.39 is 6.10 Å². The highest BCUT2D eigenvalue weighted by Gasteiger charge is 2.20. The average molecular weight is 275 g/mol. The van der Waals surface area contributed by atoms with Gasteiger partial charge < -0.3 is 15.1 Å². The summed E-state index contributed by atoms with van der Waals surface area (Å²) in [7, 11) is 3.61. The number of rotatable bonds is 5. The topological polar surface area (TPSA) is 53.6 Å². The fraction of sp³-hybridized carbons (Fsp3) is 0.400. The van der Waals surface area contributed by atoms with E-state index in [1.807, 2.05) is 30.3 Å². The maximum Gasteiger partial charge on any atom is 0.272 e. The molecule has 0 spiro atoms. The van der Waals surface area contributed by atoms with Crippen LogP contribution >= 0.6 is 0 Å². The Kier molecular flexibility index (Phi) is 5.15. The number of nitrogens with one attached hydrogen (secondary N) is 2. The summed E-state index contributed by atoms with van der Waals surface area (Å²) in [6.07, 6.45) is 2.38. The number of ether oxygens (including phenoxy) is 1. The number of hydrogen-bond acceptors (Lipinski definition) is 4. The van der Waals surface area contributed by atoms with Gasteiger partial charge in [0.25, 0.3) is 5.91 Å². The predicted octanol–water partition coefficient (Wildman–Crippen LogP) is 1.21. The van der Waals surface area contributed by atoms with Crippen molar-refractivity contribution in [2.24, 2.45) is 0 Å². The van der Waals surface area contributed by atoms with Crippen molar-refractivity contribution in [1.29, 1.82) is 0 Å². The van der Waals surface area contributed by atoms with Gasteiger partial charge in [-0.3, -0.25) is 10.2 Å². The zero-order valence-electron chi connectivity index (χ0n) is 11.9. The first-order valence-electron chi connectivity index (χ1n) is 6.72. The van der Waals surface area contributed by atoms with Gasteiger partial charge in [-0.1, -0.05) is 30.3 Å². The van der Waals surface area contributed by atoms with Crippen molar-refractivity contribution < 1.29 is 9.53 Å². The molecule has 2 rings (SSSR count). The Morgan fingerprint density at radius 3 is 2.70 bits per heavy atom. The molecule has 0 saturated heterocycles. The Hall–Kier alpha value is -1.85. The number of carbonyl (C=O) groups excluding carboxylic acids is 1. The lowest BCUT2D eigenvalue weighted by atomic mass is 10.1. The van der Waals surface area contributed by atoms with Gasteiger partial charge in [0.1, 0.15) is 0 Å². The Labute approximate surface area is 119 Å². The average Bonchev–Trinajstić information content (AvgIpc) is 2.48. The standard InChI is InChI=1S/C15H21N3O2/c1-18-10-8-13(9-11-18)16-17-15(19)14(20-2)12-6-4-3-5-7-12/h3-8,14,16H,9-11H2,1-2H3,(H,17,19). The number of hydrogen-bond donors (Lipinski definition) is 2. The predicted molar refractivity (Wildman–Crippen MR) is 77.7 cm³/mol. The van der Waals surface area contributed by atoms with Crippen LogP contribution < -0.4 is 10.9 Å². The molecule has 0 bridgehead atoms. The van der Waals surface area contributed by atoms with Gasteiger partial charge in [0.15, 0.2) is 6.10 Å². The minimum atomic E-state index is -0.601. The fourth-order valence-electron chi connectivity index (χ4n) is 2.11. The number of benzene rings is 1. The van der Waals surface area contributed by atoms with Gasteiger partial charge in [0.05, 0.1) is 0 Å². The van der Waals surface area contributed by atoms with Crippen LogP contribution in [0.25, 0.3) is 0 Å². The second kappa shape index (κ2) is 7.07. The van der Waals surface area contributed by atoms with E-state index in [1.54, 1.807) is 0 Å². The molecule has 1 aliphatic rings. The lowest BCUT2D eigenvalue weighted by molar-refractivity contribution is -0.132. The molecule has 20 heavy (non-hydrogen) atoms. The largest absolute Gasteiger partial charge is 0.367 e. The van der Waals surface area contributed by atoms with Crippen molar-refractivity contribution in [3.63, 3.8) is 0 Å². The zero-order valence-corrected chi connectivity index (χ0v) is 11.9. The number of hydrazine groups is 1. The molecule has 1 aromatic carbocycles. The van der Waals surface area contributed by atoms with Crippen LogP contribution in [0, 0.1) is 0 Å². The van der Waals surface area contributed by atoms with Gasteiger partial charge in [-0.25, -0.2) is 0 Å². The van der Waals surface area contributed by atoms with E-state index in [1.165, 1.54) is 7.11 Å². The van der Waals surface area contributed by atoms with E-state index in [4.69, 9.17) is 4.74 Å². The molecule has 0 fully saturated rings. The van der Waals surface area contributed by atoms with E-state index in [0.29, 0.717) is 0 Å². The van der Waals surface area contributed by atoms with Crippen molar-refractivity contribution in [1.82, 2.24) is 15.8 Å². The van der Waals surface area contributed by atoms with E-state index in [2.05, 4.69) is 28.9 Å². The third-order valence-electron chi connectivity index (χ3n) is 3.33. The van der Waals surface area contributed by atoms with Gasteiger partial charge in [-0.05, 0) is 18.7 Å². The van der Waals surface area contributed by atoms with Crippen LogP contribution in [0.4, 0.5) is 0 Å². The van der Waals surface area contributed by atoms with E-state index in [-0.39, 0.29) is 5.91 Å². The minimum absolute atomic E-state index is 0.196. The lowest BCUT2D eigenvalue weighted by Crippen LogP contribution is -2.42. The molecule has 1 unspecified atom stereocenters.